The predicted molar refractivity (Wildman–Crippen MR) is 119 cm³/mol. The number of carbonyl (C=O) groups is 1. The average molecular weight is 425 g/mol. The molecule has 6 nitrogen and oxygen atoms in total. The molecule has 3 rings (SSSR count). The lowest BCUT2D eigenvalue weighted by atomic mass is 10.2. The van der Waals surface area contributed by atoms with Crippen LogP contribution in [0.5, 0.6) is 5.75 Å². The van der Waals surface area contributed by atoms with Crippen LogP contribution in [0.1, 0.15) is 22.8 Å². The normalized spacial score (nSPS) is 11.0. The van der Waals surface area contributed by atoms with Crippen molar-refractivity contribution in [3.63, 3.8) is 0 Å². The minimum Gasteiger partial charge on any atom is -0.492 e. The van der Waals surface area contributed by atoms with Gasteiger partial charge in [0.2, 0.25) is 0 Å². The molecule has 0 heterocycles. The zero-order chi connectivity index (χ0) is 21.7. The summed E-state index contributed by atoms with van der Waals surface area (Å²) in [6, 6.07) is 20.3. The van der Waals surface area contributed by atoms with E-state index in [9.17, 15) is 13.2 Å². The summed E-state index contributed by atoms with van der Waals surface area (Å²) in [5, 5.41) is 2.79. The lowest BCUT2D eigenvalue weighted by molar-refractivity contribution is 0.102. The second kappa shape index (κ2) is 9.00. The van der Waals surface area contributed by atoms with E-state index in [1.807, 2.05) is 32.0 Å². The summed E-state index contributed by atoms with van der Waals surface area (Å²) in [6.07, 6.45) is 0. The SMILES string of the molecule is CCOc1ccccc1NC(=O)c1cccc(S(=O)(=O)N(C)c2ccc(C)cc2)c1. The van der Waals surface area contributed by atoms with Gasteiger partial charge in [0.15, 0.2) is 0 Å². The van der Waals surface area contributed by atoms with E-state index in [1.54, 1.807) is 42.5 Å². The number of carbonyl (C=O) groups excluding carboxylic acids is 1. The Labute approximate surface area is 177 Å². The Morgan fingerprint density at radius 2 is 1.70 bits per heavy atom. The van der Waals surface area contributed by atoms with Gasteiger partial charge >= 0.3 is 0 Å². The third-order valence-electron chi connectivity index (χ3n) is 4.59. The average Bonchev–Trinajstić information content (AvgIpc) is 2.75. The van der Waals surface area contributed by atoms with Crippen LogP contribution in [0.3, 0.4) is 0 Å². The van der Waals surface area contributed by atoms with Crippen molar-refractivity contribution >= 4 is 27.3 Å². The molecule has 0 aliphatic carbocycles. The number of nitrogens with zero attached hydrogens (tertiary/aromatic N) is 1. The monoisotopic (exact) mass is 424 g/mol. The highest BCUT2D eigenvalue weighted by Crippen LogP contribution is 2.26. The van der Waals surface area contributed by atoms with Gasteiger partial charge in [-0.3, -0.25) is 9.10 Å². The molecule has 0 saturated heterocycles. The van der Waals surface area contributed by atoms with Gasteiger partial charge in [-0.2, -0.15) is 0 Å². The number of ether oxygens (including phenoxy) is 1. The molecule has 0 fully saturated rings. The van der Waals surface area contributed by atoms with Gasteiger partial charge in [-0.25, -0.2) is 8.42 Å². The molecule has 0 unspecified atom stereocenters. The van der Waals surface area contributed by atoms with E-state index in [-0.39, 0.29) is 10.5 Å². The number of benzene rings is 3. The molecule has 0 atom stereocenters. The summed E-state index contributed by atoms with van der Waals surface area (Å²) in [7, 11) is -2.33. The summed E-state index contributed by atoms with van der Waals surface area (Å²) < 4.78 is 32.9. The van der Waals surface area contributed by atoms with Gasteiger partial charge in [-0.15, -0.1) is 0 Å². The van der Waals surface area contributed by atoms with E-state index < -0.39 is 15.9 Å². The largest absolute Gasteiger partial charge is 0.492 e. The summed E-state index contributed by atoms with van der Waals surface area (Å²) in [4.78, 5) is 12.8. The molecule has 1 amide bonds. The fourth-order valence-electron chi connectivity index (χ4n) is 2.90. The van der Waals surface area contributed by atoms with Crippen molar-refractivity contribution in [2.24, 2.45) is 0 Å². The van der Waals surface area contributed by atoms with Gasteiger partial charge in [0.05, 0.1) is 22.9 Å². The van der Waals surface area contributed by atoms with E-state index in [0.29, 0.717) is 23.7 Å². The molecule has 7 heteroatoms. The predicted octanol–water partition coefficient (Wildman–Crippen LogP) is 4.47. The highest BCUT2D eigenvalue weighted by atomic mass is 32.2. The van der Waals surface area contributed by atoms with Gasteiger partial charge in [-0.05, 0) is 56.3 Å². The van der Waals surface area contributed by atoms with Crippen molar-refractivity contribution in [2.75, 3.05) is 23.3 Å². The number of amides is 1. The summed E-state index contributed by atoms with van der Waals surface area (Å²) in [6.45, 7) is 4.26. The second-order valence-corrected chi connectivity index (χ2v) is 8.69. The number of hydrogen-bond acceptors (Lipinski definition) is 4. The maximum Gasteiger partial charge on any atom is 0.264 e. The standard InChI is InChI=1S/C23H24N2O4S/c1-4-29-22-11-6-5-10-21(22)24-23(26)18-8-7-9-20(16-18)30(27,28)25(3)19-14-12-17(2)13-15-19/h5-16H,4H2,1-3H3,(H,24,26). The van der Waals surface area contributed by atoms with Crippen LogP contribution >= 0.6 is 0 Å². The summed E-state index contributed by atoms with van der Waals surface area (Å²) >= 11 is 0. The lowest BCUT2D eigenvalue weighted by Crippen LogP contribution is -2.26. The molecule has 0 aliphatic heterocycles. The Hall–Kier alpha value is -3.32. The van der Waals surface area contributed by atoms with Crippen LogP contribution in [0.25, 0.3) is 0 Å². The Morgan fingerprint density at radius 1 is 1.00 bits per heavy atom. The Morgan fingerprint density at radius 3 is 2.40 bits per heavy atom. The van der Waals surface area contributed by atoms with Crippen molar-refractivity contribution in [2.45, 2.75) is 18.7 Å². The van der Waals surface area contributed by atoms with Crippen molar-refractivity contribution in [3.05, 3.63) is 83.9 Å². The number of para-hydroxylation sites is 2. The highest BCUT2D eigenvalue weighted by molar-refractivity contribution is 7.92. The molecule has 0 aromatic heterocycles. The molecule has 0 saturated carbocycles. The first-order valence-corrected chi connectivity index (χ1v) is 11.0. The maximum absolute atomic E-state index is 13.1. The van der Waals surface area contributed by atoms with Crippen molar-refractivity contribution < 1.29 is 17.9 Å². The van der Waals surface area contributed by atoms with E-state index in [0.717, 1.165) is 5.56 Å². The van der Waals surface area contributed by atoms with Gasteiger partial charge in [0.1, 0.15) is 5.75 Å². The molecule has 30 heavy (non-hydrogen) atoms. The Balaban J connectivity index is 1.86. The third-order valence-corrected chi connectivity index (χ3v) is 6.37. The van der Waals surface area contributed by atoms with Crippen molar-refractivity contribution in [1.29, 1.82) is 0 Å². The molecular formula is C23H24N2O4S. The Bertz CT molecular complexity index is 1140. The number of hydrogen-bond donors (Lipinski definition) is 1. The fourth-order valence-corrected chi connectivity index (χ4v) is 4.14. The third kappa shape index (κ3) is 4.63. The number of anilines is 2. The van der Waals surface area contributed by atoms with E-state index >= 15 is 0 Å². The molecule has 0 radical (unpaired) electrons. The number of nitrogens with one attached hydrogen (secondary N) is 1. The molecule has 0 bridgehead atoms. The topological polar surface area (TPSA) is 75.7 Å². The zero-order valence-corrected chi connectivity index (χ0v) is 17.9. The quantitative estimate of drug-likeness (QED) is 0.607. The molecule has 3 aromatic carbocycles. The lowest BCUT2D eigenvalue weighted by Gasteiger charge is -2.20. The molecular weight excluding hydrogens is 400 g/mol. The van der Waals surface area contributed by atoms with Crippen LogP contribution < -0.4 is 14.4 Å². The molecule has 3 aromatic rings. The zero-order valence-electron chi connectivity index (χ0n) is 17.1. The number of sulfonamides is 1. The van der Waals surface area contributed by atoms with Crippen LogP contribution in [0.15, 0.2) is 77.7 Å². The minimum atomic E-state index is -3.82. The molecule has 0 spiro atoms. The van der Waals surface area contributed by atoms with Crippen molar-refractivity contribution in [3.8, 4) is 5.75 Å². The molecule has 1 N–H and O–H groups in total. The van der Waals surface area contributed by atoms with Crippen LogP contribution in [-0.2, 0) is 10.0 Å². The summed E-state index contributed by atoms with van der Waals surface area (Å²) in [5.74, 6) is 0.133. The van der Waals surface area contributed by atoms with E-state index in [1.165, 1.54) is 23.5 Å². The molecule has 0 aliphatic rings. The van der Waals surface area contributed by atoms with Crippen molar-refractivity contribution in [1.82, 2.24) is 0 Å². The van der Waals surface area contributed by atoms with E-state index in [4.69, 9.17) is 4.74 Å². The maximum atomic E-state index is 13.1. The summed E-state index contributed by atoms with van der Waals surface area (Å²) in [5.41, 5.74) is 2.34. The first-order valence-electron chi connectivity index (χ1n) is 9.51. The second-order valence-electron chi connectivity index (χ2n) is 6.72. The molecule has 156 valence electrons. The number of rotatable bonds is 7. The van der Waals surface area contributed by atoms with Crippen LogP contribution in [0, 0.1) is 6.92 Å². The highest BCUT2D eigenvalue weighted by Gasteiger charge is 2.22. The van der Waals surface area contributed by atoms with Crippen LogP contribution in [-0.4, -0.2) is 28.0 Å². The minimum absolute atomic E-state index is 0.0383. The van der Waals surface area contributed by atoms with Gasteiger partial charge in [0.25, 0.3) is 15.9 Å². The van der Waals surface area contributed by atoms with Crippen LogP contribution in [0.2, 0.25) is 0 Å². The smallest absolute Gasteiger partial charge is 0.264 e. The van der Waals surface area contributed by atoms with Gasteiger partial charge in [-0.1, -0.05) is 35.9 Å². The first-order chi connectivity index (χ1) is 14.3. The number of aryl methyl sites for hydroxylation is 1. The van der Waals surface area contributed by atoms with E-state index in [2.05, 4.69) is 5.32 Å². The Kier molecular flexibility index (Phi) is 6.42. The first kappa shape index (κ1) is 21.4. The van der Waals surface area contributed by atoms with Crippen LogP contribution in [0.4, 0.5) is 11.4 Å². The van der Waals surface area contributed by atoms with Gasteiger partial charge < -0.3 is 10.1 Å². The van der Waals surface area contributed by atoms with Gasteiger partial charge in [0, 0.05) is 12.6 Å². The fraction of sp³-hybridized carbons (Fsp3) is 0.174.